The molecule has 0 heterocycles. The van der Waals surface area contributed by atoms with Crippen molar-refractivity contribution in [1.29, 1.82) is 0 Å². The summed E-state index contributed by atoms with van der Waals surface area (Å²) in [7, 11) is -3.34. The summed E-state index contributed by atoms with van der Waals surface area (Å²) in [5.41, 5.74) is 1.16. The first-order chi connectivity index (χ1) is 8.33. The van der Waals surface area contributed by atoms with E-state index in [-0.39, 0.29) is 22.6 Å². The average Bonchev–Trinajstić information content (AvgIpc) is 2.29. The zero-order chi connectivity index (χ0) is 13.8. The van der Waals surface area contributed by atoms with Gasteiger partial charge in [-0.25, -0.2) is 13.2 Å². The fourth-order valence-corrected chi connectivity index (χ4v) is 2.60. The normalized spacial score (nSPS) is 12.4. The van der Waals surface area contributed by atoms with Crippen LogP contribution in [0.3, 0.4) is 0 Å². The molecule has 1 rings (SSSR count). The highest BCUT2D eigenvalue weighted by Gasteiger charge is 2.13. The van der Waals surface area contributed by atoms with Gasteiger partial charge in [0, 0.05) is 5.57 Å². The van der Waals surface area contributed by atoms with Crippen LogP contribution in [0.4, 0.5) is 0 Å². The number of allylic oxidation sites excluding steroid dienone is 1. The van der Waals surface area contributed by atoms with Crippen LogP contribution in [-0.4, -0.2) is 25.2 Å². The van der Waals surface area contributed by atoms with Gasteiger partial charge in [0.15, 0.2) is 9.84 Å². The van der Waals surface area contributed by atoms with E-state index in [4.69, 9.17) is 5.11 Å². The van der Waals surface area contributed by atoms with Gasteiger partial charge >= 0.3 is 5.97 Å². The maximum Gasteiger partial charge on any atom is 0.330 e. The highest BCUT2D eigenvalue weighted by Crippen LogP contribution is 2.13. The molecule has 0 spiro atoms. The van der Waals surface area contributed by atoms with E-state index in [0.29, 0.717) is 0 Å². The molecule has 1 N–H and O–H groups in total. The second kappa shape index (κ2) is 5.82. The molecule has 0 fully saturated rings. The SMILES string of the molecule is CC(=CCCS(=O)(=O)c1ccc(C)cc1)C(=O)O. The molecule has 0 aliphatic heterocycles. The Kier molecular flexibility index (Phi) is 4.67. The number of rotatable bonds is 5. The summed E-state index contributed by atoms with van der Waals surface area (Å²) in [6.07, 6.45) is 1.63. The van der Waals surface area contributed by atoms with E-state index in [0.717, 1.165) is 5.56 Å². The van der Waals surface area contributed by atoms with Crippen molar-refractivity contribution in [1.82, 2.24) is 0 Å². The molecule has 0 saturated heterocycles. The van der Waals surface area contributed by atoms with Gasteiger partial charge in [0.25, 0.3) is 0 Å². The Labute approximate surface area is 107 Å². The third-order valence-corrected chi connectivity index (χ3v) is 4.32. The molecule has 0 unspecified atom stereocenters. The standard InChI is InChI=1S/C13H16O4S/c1-10-5-7-12(8-6-10)18(16,17)9-3-4-11(2)13(14)15/h4-8H,3,9H2,1-2H3,(H,14,15). The number of carboxylic acids is 1. The highest BCUT2D eigenvalue weighted by molar-refractivity contribution is 7.91. The quantitative estimate of drug-likeness (QED) is 0.831. The summed E-state index contributed by atoms with van der Waals surface area (Å²) in [4.78, 5) is 10.8. The fourth-order valence-electron chi connectivity index (χ4n) is 1.38. The molecule has 5 heteroatoms. The lowest BCUT2D eigenvalue weighted by atomic mass is 10.2. The number of sulfone groups is 1. The van der Waals surface area contributed by atoms with Crippen molar-refractivity contribution >= 4 is 15.8 Å². The maximum atomic E-state index is 11.9. The second-order valence-electron chi connectivity index (χ2n) is 4.11. The Morgan fingerprint density at radius 2 is 1.83 bits per heavy atom. The lowest BCUT2D eigenvalue weighted by Crippen LogP contribution is -2.06. The van der Waals surface area contributed by atoms with Gasteiger partial charge in [0.05, 0.1) is 10.6 Å². The number of hydrogen-bond donors (Lipinski definition) is 1. The third-order valence-electron chi connectivity index (χ3n) is 2.55. The molecule has 0 radical (unpaired) electrons. The van der Waals surface area contributed by atoms with Gasteiger partial charge < -0.3 is 5.11 Å². The van der Waals surface area contributed by atoms with Crippen LogP contribution in [0.25, 0.3) is 0 Å². The van der Waals surface area contributed by atoms with Crippen LogP contribution in [0.5, 0.6) is 0 Å². The van der Waals surface area contributed by atoms with E-state index in [9.17, 15) is 13.2 Å². The molecular formula is C13H16O4S. The minimum Gasteiger partial charge on any atom is -0.478 e. The third kappa shape index (κ3) is 4.00. The van der Waals surface area contributed by atoms with Crippen LogP contribution >= 0.6 is 0 Å². The van der Waals surface area contributed by atoms with Crippen molar-refractivity contribution in [2.45, 2.75) is 25.2 Å². The van der Waals surface area contributed by atoms with Crippen molar-refractivity contribution in [2.24, 2.45) is 0 Å². The molecule has 0 atom stereocenters. The number of aryl methyl sites for hydroxylation is 1. The van der Waals surface area contributed by atoms with Gasteiger partial charge in [-0.15, -0.1) is 0 Å². The summed E-state index contributed by atoms with van der Waals surface area (Å²) in [5.74, 6) is -1.11. The molecule has 0 saturated carbocycles. The highest BCUT2D eigenvalue weighted by atomic mass is 32.2. The van der Waals surface area contributed by atoms with Crippen LogP contribution in [0.2, 0.25) is 0 Å². The summed E-state index contributed by atoms with van der Waals surface area (Å²) in [6.45, 7) is 3.33. The molecule has 0 aliphatic carbocycles. The van der Waals surface area contributed by atoms with E-state index in [1.165, 1.54) is 13.0 Å². The topological polar surface area (TPSA) is 71.4 Å². The van der Waals surface area contributed by atoms with E-state index >= 15 is 0 Å². The second-order valence-corrected chi connectivity index (χ2v) is 6.22. The molecule has 0 amide bonds. The van der Waals surface area contributed by atoms with Gasteiger partial charge in [0.1, 0.15) is 0 Å². The van der Waals surface area contributed by atoms with Gasteiger partial charge in [-0.3, -0.25) is 0 Å². The van der Waals surface area contributed by atoms with Gasteiger partial charge in [-0.1, -0.05) is 23.8 Å². The molecular weight excluding hydrogens is 252 g/mol. The fraction of sp³-hybridized carbons (Fsp3) is 0.308. The number of carbonyl (C=O) groups is 1. The number of aliphatic carboxylic acids is 1. The summed E-state index contributed by atoms with van der Waals surface area (Å²) >= 11 is 0. The molecule has 1 aromatic rings. The van der Waals surface area contributed by atoms with E-state index in [1.807, 2.05) is 6.92 Å². The molecule has 4 nitrogen and oxygen atoms in total. The number of carboxylic acid groups (broad SMARTS) is 1. The molecule has 0 aliphatic rings. The largest absolute Gasteiger partial charge is 0.478 e. The van der Waals surface area contributed by atoms with Crippen LogP contribution in [0.1, 0.15) is 18.9 Å². The smallest absolute Gasteiger partial charge is 0.330 e. The Balaban J connectivity index is 2.75. The Morgan fingerprint density at radius 3 is 2.33 bits per heavy atom. The summed E-state index contributed by atoms with van der Waals surface area (Å²) in [5, 5.41) is 8.64. The first-order valence-corrected chi connectivity index (χ1v) is 7.17. The number of hydrogen-bond acceptors (Lipinski definition) is 3. The predicted octanol–water partition coefficient (Wildman–Crippen LogP) is 2.19. The zero-order valence-electron chi connectivity index (χ0n) is 10.4. The van der Waals surface area contributed by atoms with Crippen LogP contribution in [0.15, 0.2) is 40.8 Å². The van der Waals surface area contributed by atoms with Gasteiger partial charge in [-0.2, -0.15) is 0 Å². The van der Waals surface area contributed by atoms with Crippen molar-refractivity contribution in [2.75, 3.05) is 5.75 Å². The average molecular weight is 268 g/mol. The van der Waals surface area contributed by atoms with Crippen molar-refractivity contribution in [3.63, 3.8) is 0 Å². The Morgan fingerprint density at radius 1 is 1.28 bits per heavy atom. The Hall–Kier alpha value is -1.62. The van der Waals surface area contributed by atoms with Gasteiger partial charge in [0.2, 0.25) is 0 Å². The van der Waals surface area contributed by atoms with E-state index in [2.05, 4.69) is 0 Å². The van der Waals surface area contributed by atoms with Crippen LogP contribution in [-0.2, 0) is 14.6 Å². The van der Waals surface area contributed by atoms with Crippen LogP contribution in [0, 0.1) is 6.92 Å². The van der Waals surface area contributed by atoms with Gasteiger partial charge in [-0.05, 0) is 32.4 Å². The first kappa shape index (κ1) is 14.4. The first-order valence-electron chi connectivity index (χ1n) is 5.52. The maximum absolute atomic E-state index is 11.9. The van der Waals surface area contributed by atoms with E-state index < -0.39 is 15.8 Å². The van der Waals surface area contributed by atoms with Crippen molar-refractivity contribution in [3.8, 4) is 0 Å². The predicted molar refractivity (Wildman–Crippen MR) is 69.2 cm³/mol. The monoisotopic (exact) mass is 268 g/mol. The molecule has 18 heavy (non-hydrogen) atoms. The van der Waals surface area contributed by atoms with Crippen molar-refractivity contribution in [3.05, 3.63) is 41.5 Å². The van der Waals surface area contributed by atoms with Crippen LogP contribution < -0.4 is 0 Å². The Bertz CT molecular complexity index is 553. The summed E-state index contributed by atoms with van der Waals surface area (Å²) < 4.78 is 23.8. The molecule has 0 aromatic heterocycles. The lowest BCUT2D eigenvalue weighted by molar-refractivity contribution is -0.132. The minimum atomic E-state index is -3.34. The van der Waals surface area contributed by atoms with Crippen molar-refractivity contribution < 1.29 is 18.3 Å². The van der Waals surface area contributed by atoms with E-state index in [1.54, 1.807) is 24.3 Å². The minimum absolute atomic E-state index is 0.0827. The molecule has 0 bridgehead atoms. The molecule has 1 aromatic carbocycles. The zero-order valence-corrected chi connectivity index (χ0v) is 11.2. The number of benzene rings is 1. The molecule has 98 valence electrons. The summed E-state index contributed by atoms with van der Waals surface area (Å²) in [6, 6.07) is 6.62. The lowest BCUT2D eigenvalue weighted by Gasteiger charge is -2.03.